The highest BCUT2D eigenvalue weighted by Gasteiger charge is 2.52. The third-order valence-electron chi connectivity index (χ3n) is 4.54. The van der Waals surface area contributed by atoms with Crippen LogP contribution in [0.15, 0.2) is 18.2 Å². The first-order valence-electron chi connectivity index (χ1n) is 7.54. The minimum atomic E-state index is -0.531. The van der Waals surface area contributed by atoms with E-state index in [1.54, 1.807) is 12.1 Å². The second kappa shape index (κ2) is 5.28. The number of likely N-dealkylation sites (tertiary alicyclic amines) is 1. The number of piperidine rings is 1. The smallest absolute Gasteiger partial charge is 0.226 e. The molecule has 0 spiro atoms. The maximum Gasteiger partial charge on any atom is 0.226 e. The molecule has 1 aliphatic heterocycles. The Labute approximate surface area is 124 Å². The van der Waals surface area contributed by atoms with E-state index in [0.29, 0.717) is 19.0 Å². The van der Waals surface area contributed by atoms with Gasteiger partial charge in [0.2, 0.25) is 17.7 Å². The molecule has 5 heteroatoms. The normalized spacial score (nSPS) is 24.7. The Hall–Kier alpha value is -1.65. The lowest BCUT2D eigenvalue weighted by Crippen LogP contribution is -2.43. The molecule has 0 radical (unpaired) electrons. The maximum absolute atomic E-state index is 13.0. The fourth-order valence-corrected chi connectivity index (χ4v) is 2.93. The summed E-state index contributed by atoms with van der Waals surface area (Å²) in [7, 11) is 0. The second-order valence-electron chi connectivity index (χ2n) is 6.69. The summed E-state index contributed by atoms with van der Waals surface area (Å²) in [5.74, 6) is 0.265. The van der Waals surface area contributed by atoms with E-state index in [9.17, 15) is 9.18 Å². The maximum atomic E-state index is 13.0. The molecule has 1 saturated heterocycles. The number of ether oxygens (including phenoxy) is 1. The van der Waals surface area contributed by atoms with Crippen molar-refractivity contribution in [1.29, 1.82) is 0 Å². The lowest BCUT2D eigenvalue weighted by atomic mass is 10.1. The summed E-state index contributed by atoms with van der Waals surface area (Å²) in [6.45, 7) is 5.71. The van der Waals surface area contributed by atoms with Crippen molar-refractivity contribution in [3.8, 4) is 5.88 Å². The van der Waals surface area contributed by atoms with Gasteiger partial charge in [0.25, 0.3) is 0 Å². The fraction of sp³-hybridized carbons (Fsp3) is 0.625. The highest BCUT2D eigenvalue weighted by atomic mass is 19.1. The van der Waals surface area contributed by atoms with E-state index in [2.05, 4.69) is 18.8 Å². The molecule has 21 heavy (non-hydrogen) atoms. The van der Waals surface area contributed by atoms with Crippen molar-refractivity contribution in [2.45, 2.75) is 39.2 Å². The Kier molecular flexibility index (Phi) is 3.59. The topological polar surface area (TPSA) is 42.4 Å². The van der Waals surface area contributed by atoms with Crippen molar-refractivity contribution in [3.05, 3.63) is 24.1 Å². The third-order valence-corrected chi connectivity index (χ3v) is 4.54. The Morgan fingerprint density at radius 1 is 1.38 bits per heavy atom. The minimum absolute atomic E-state index is 0.00978. The molecule has 4 nitrogen and oxygen atoms in total. The molecule has 1 unspecified atom stereocenters. The lowest BCUT2D eigenvalue weighted by Gasteiger charge is -2.32. The van der Waals surface area contributed by atoms with Crippen molar-refractivity contribution in [3.63, 3.8) is 0 Å². The van der Waals surface area contributed by atoms with Gasteiger partial charge in [-0.05, 0) is 17.9 Å². The van der Waals surface area contributed by atoms with Gasteiger partial charge >= 0.3 is 0 Å². The number of aromatic nitrogens is 1. The van der Waals surface area contributed by atoms with Gasteiger partial charge in [0.15, 0.2) is 0 Å². The average molecular weight is 292 g/mol. The van der Waals surface area contributed by atoms with Crippen molar-refractivity contribution >= 4 is 5.91 Å². The molecule has 2 heterocycles. The summed E-state index contributed by atoms with van der Waals surface area (Å²) in [6, 6.07) is 4.55. The third kappa shape index (κ3) is 3.17. The van der Waals surface area contributed by atoms with Crippen LogP contribution in [0, 0.1) is 17.3 Å². The van der Waals surface area contributed by atoms with E-state index >= 15 is 0 Å². The Bertz CT molecular complexity index is 539. The summed E-state index contributed by atoms with van der Waals surface area (Å²) in [5.41, 5.74) is 0.177. The van der Waals surface area contributed by atoms with Crippen LogP contribution in [0.25, 0.3) is 0 Å². The van der Waals surface area contributed by atoms with Gasteiger partial charge in [-0.2, -0.15) is 9.37 Å². The molecule has 0 bridgehead atoms. The molecule has 0 N–H and O–H groups in total. The van der Waals surface area contributed by atoms with Crippen molar-refractivity contribution < 1.29 is 13.9 Å². The van der Waals surface area contributed by atoms with E-state index in [-0.39, 0.29) is 23.3 Å². The van der Waals surface area contributed by atoms with E-state index in [1.807, 2.05) is 4.90 Å². The van der Waals surface area contributed by atoms with Gasteiger partial charge in [-0.1, -0.05) is 19.9 Å². The van der Waals surface area contributed by atoms with Gasteiger partial charge in [0.05, 0.1) is 0 Å². The molecule has 1 atom stereocenters. The van der Waals surface area contributed by atoms with Crippen LogP contribution in [0.2, 0.25) is 0 Å². The quantitative estimate of drug-likeness (QED) is 0.804. The standard InChI is InChI=1S/C16H21FN2O2/c1-16(2)10-12(16)15(20)19-8-6-11(7-9-19)21-14-5-3-4-13(17)18-14/h3-5,11-12H,6-10H2,1-2H3. The first-order valence-corrected chi connectivity index (χ1v) is 7.54. The molecule has 2 aliphatic rings. The lowest BCUT2D eigenvalue weighted by molar-refractivity contribution is -0.135. The van der Waals surface area contributed by atoms with Gasteiger partial charge in [-0.25, -0.2) is 0 Å². The molecule has 0 aromatic carbocycles. The van der Waals surface area contributed by atoms with Crippen LogP contribution in [-0.2, 0) is 4.79 Å². The number of carbonyl (C=O) groups is 1. The van der Waals surface area contributed by atoms with Crippen molar-refractivity contribution in [2.24, 2.45) is 11.3 Å². The molecule has 2 fully saturated rings. The molecular formula is C16H21FN2O2. The molecule has 3 rings (SSSR count). The number of amides is 1. The number of rotatable bonds is 3. The van der Waals surface area contributed by atoms with Gasteiger partial charge in [0.1, 0.15) is 6.10 Å². The molecular weight excluding hydrogens is 271 g/mol. The summed E-state index contributed by atoms with van der Waals surface area (Å²) in [4.78, 5) is 18.0. The molecule has 1 aliphatic carbocycles. The summed E-state index contributed by atoms with van der Waals surface area (Å²) in [5, 5.41) is 0. The molecule has 1 aromatic rings. The van der Waals surface area contributed by atoms with E-state index in [0.717, 1.165) is 19.3 Å². The Morgan fingerprint density at radius 2 is 2.05 bits per heavy atom. The zero-order chi connectivity index (χ0) is 15.0. The van der Waals surface area contributed by atoms with Gasteiger partial charge in [-0.3, -0.25) is 4.79 Å². The number of pyridine rings is 1. The predicted molar refractivity (Wildman–Crippen MR) is 76.3 cm³/mol. The monoisotopic (exact) mass is 292 g/mol. The van der Waals surface area contributed by atoms with E-state index in [1.165, 1.54) is 6.07 Å². The van der Waals surface area contributed by atoms with Crippen LogP contribution in [0.3, 0.4) is 0 Å². The highest BCUT2D eigenvalue weighted by molar-refractivity contribution is 5.82. The van der Waals surface area contributed by atoms with Gasteiger partial charge < -0.3 is 9.64 Å². The number of halogens is 1. The first kappa shape index (κ1) is 14.3. The van der Waals surface area contributed by atoms with E-state index < -0.39 is 5.95 Å². The predicted octanol–water partition coefficient (Wildman–Crippen LogP) is 2.64. The number of nitrogens with zero attached hydrogens (tertiary/aromatic N) is 2. The summed E-state index contributed by atoms with van der Waals surface area (Å²) < 4.78 is 18.7. The van der Waals surface area contributed by atoms with Crippen LogP contribution < -0.4 is 4.74 Å². The highest BCUT2D eigenvalue weighted by Crippen LogP contribution is 2.52. The Morgan fingerprint density at radius 3 is 2.62 bits per heavy atom. The van der Waals surface area contributed by atoms with Crippen LogP contribution in [0.4, 0.5) is 4.39 Å². The molecule has 114 valence electrons. The number of hydrogen-bond acceptors (Lipinski definition) is 3. The van der Waals surface area contributed by atoms with Crippen LogP contribution in [0.1, 0.15) is 33.1 Å². The van der Waals surface area contributed by atoms with E-state index in [4.69, 9.17) is 4.74 Å². The van der Waals surface area contributed by atoms with Gasteiger partial charge in [-0.15, -0.1) is 0 Å². The number of carbonyl (C=O) groups excluding carboxylic acids is 1. The van der Waals surface area contributed by atoms with Crippen molar-refractivity contribution in [1.82, 2.24) is 9.88 Å². The zero-order valence-electron chi connectivity index (χ0n) is 12.5. The Balaban J connectivity index is 1.50. The molecule has 1 saturated carbocycles. The molecule has 1 amide bonds. The van der Waals surface area contributed by atoms with Gasteiger partial charge in [0, 0.05) is 37.9 Å². The second-order valence-corrected chi connectivity index (χ2v) is 6.69. The fourth-order valence-electron chi connectivity index (χ4n) is 2.93. The molecule has 1 aromatic heterocycles. The summed E-state index contributed by atoms with van der Waals surface area (Å²) in [6.07, 6.45) is 2.56. The zero-order valence-corrected chi connectivity index (χ0v) is 12.5. The van der Waals surface area contributed by atoms with Crippen LogP contribution >= 0.6 is 0 Å². The SMILES string of the molecule is CC1(C)CC1C(=O)N1CCC(Oc2cccc(F)n2)CC1. The van der Waals surface area contributed by atoms with Crippen molar-refractivity contribution in [2.75, 3.05) is 13.1 Å². The van der Waals surface area contributed by atoms with Crippen LogP contribution in [0.5, 0.6) is 5.88 Å². The summed E-state index contributed by atoms with van der Waals surface area (Å²) >= 11 is 0. The van der Waals surface area contributed by atoms with Crippen LogP contribution in [-0.4, -0.2) is 35.0 Å². The largest absolute Gasteiger partial charge is 0.474 e. The minimum Gasteiger partial charge on any atom is -0.474 e. The average Bonchev–Trinajstić information content (AvgIpc) is 3.08. The number of hydrogen-bond donors (Lipinski definition) is 0. The first-order chi connectivity index (χ1) is 9.95.